The topological polar surface area (TPSA) is 60.2 Å². The predicted molar refractivity (Wildman–Crippen MR) is 80.4 cm³/mol. The Morgan fingerprint density at radius 1 is 1.19 bits per heavy atom. The Morgan fingerprint density at radius 2 is 2.10 bits per heavy atom. The molecule has 5 heteroatoms. The predicted octanol–water partition coefficient (Wildman–Crippen LogP) is 2.99. The minimum atomic E-state index is 0.321. The van der Waals surface area contributed by atoms with E-state index < -0.39 is 0 Å². The van der Waals surface area contributed by atoms with Crippen LogP contribution in [0.25, 0.3) is 0 Å². The van der Waals surface area contributed by atoms with Gasteiger partial charge in [-0.1, -0.05) is 24.9 Å². The molecular formula is C16H27N3O2. The first kappa shape index (κ1) is 15.0. The third kappa shape index (κ3) is 3.64. The minimum absolute atomic E-state index is 0.321. The third-order valence-electron chi connectivity index (χ3n) is 4.72. The van der Waals surface area contributed by atoms with Crippen molar-refractivity contribution in [3.05, 3.63) is 11.7 Å². The van der Waals surface area contributed by atoms with Gasteiger partial charge in [0.25, 0.3) is 0 Å². The minimum Gasteiger partial charge on any atom is -0.381 e. The Balaban J connectivity index is 1.67. The van der Waals surface area contributed by atoms with E-state index in [1.165, 1.54) is 19.3 Å². The summed E-state index contributed by atoms with van der Waals surface area (Å²) in [6, 6.07) is 0.495. The molecule has 3 atom stereocenters. The zero-order valence-corrected chi connectivity index (χ0v) is 13.0. The summed E-state index contributed by atoms with van der Waals surface area (Å²) >= 11 is 0. The van der Waals surface area contributed by atoms with E-state index in [-0.39, 0.29) is 0 Å². The molecule has 3 rings (SSSR count). The molecule has 1 saturated carbocycles. The standard InChI is InChI=1S/C16H27N3O2/c1-2-9-17-14-8-4-3-7-13(14)16-18-15(19-21-16)12-6-5-10-20-11-12/h12-14,17H,2-11H2,1H3. The zero-order valence-electron chi connectivity index (χ0n) is 13.0. The van der Waals surface area contributed by atoms with Crippen molar-refractivity contribution in [2.45, 2.75) is 69.7 Å². The lowest BCUT2D eigenvalue weighted by molar-refractivity contribution is 0.0773. The summed E-state index contributed by atoms with van der Waals surface area (Å²) in [5.74, 6) is 2.39. The second kappa shape index (κ2) is 7.36. The summed E-state index contributed by atoms with van der Waals surface area (Å²) in [7, 11) is 0. The van der Waals surface area contributed by atoms with Gasteiger partial charge in [0.05, 0.1) is 12.5 Å². The largest absolute Gasteiger partial charge is 0.381 e. The zero-order chi connectivity index (χ0) is 14.5. The molecule has 1 saturated heterocycles. The molecular weight excluding hydrogens is 266 g/mol. The van der Waals surface area contributed by atoms with Gasteiger partial charge in [0.1, 0.15) is 0 Å². The first-order valence-electron chi connectivity index (χ1n) is 8.53. The molecule has 3 unspecified atom stereocenters. The third-order valence-corrected chi connectivity index (χ3v) is 4.72. The first-order chi connectivity index (χ1) is 10.4. The van der Waals surface area contributed by atoms with Crippen molar-refractivity contribution in [3.8, 4) is 0 Å². The molecule has 1 aliphatic carbocycles. The van der Waals surface area contributed by atoms with Gasteiger partial charge in [-0.3, -0.25) is 0 Å². The molecule has 1 N–H and O–H groups in total. The molecule has 118 valence electrons. The second-order valence-electron chi connectivity index (χ2n) is 6.36. The van der Waals surface area contributed by atoms with E-state index in [0.717, 1.165) is 57.2 Å². The van der Waals surface area contributed by atoms with Gasteiger partial charge >= 0.3 is 0 Å². The number of ether oxygens (including phenoxy) is 1. The molecule has 2 aliphatic rings. The fourth-order valence-corrected chi connectivity index (χ4v) is 3.51. The summed E-state index contributed by atoms with van der Waals surface area (Å²) in [4.78, 5) is 4.72. The SMILES string of the molecule is CCCNC1CCCCC1c1nc(C2CCCOC2)no1. The number of hydrogen-bond donors (Lipinski definition) is 1. The van der Waals surface area contributed by atoms with Crippen LogP contribution in [0.5, 0.6) is 0 Å². The lowest BCUT2D eigenvalue weighted by atomic mass is 9.84. The molecule has 2 heterocycles. The number of hydrogen-bond acceptors (Lipinski definition) is 5. The van der Waals surface area contributed by atoms with Crippen LogP contribution in [0.1, 0.15) is 75.4 Å². The monoisotopic (exact) mass is 293 g/mol. The van der Waals surface area contributed by atoms with Crippen LogP contribution in [0.15, 0.2) is 4.52 Å². The highest BCUT2D eigenvalue weighted by Crippen LogP contribution is 2.33. The molecule has 0 aromatic carbocycles. The Morgan fingerprint density at radius 3 is 2.90 bits per heavy atom. The highest BCUT2D eigenvalue weighted by atomic mass is 16.5. The molecule has 1 aliphatic heterocycles. The van der Waals surface area contributed by atoms with Gasteiger partial charge in [-0.2, -0.15) is 4.98 Å². The smallest absolute Gasteiger partial charge is 0.231 e. The summed E-state index contributed by atoms with van der Waals surface area (Å²) in [6.07, 6.45) is 8.31. The van der Waals surface area contributed by atoms with Crippen molar-refractivity contribution in [2.75, 3.05) is 19.8 Å². The van der Waals surface area contributed by atoms with Gasteiger partial charge in [-0.15, -0.1) is 0 Å². The van der Waals surface area contributed by atoms with E-state index >= 15 is 0 Å². The molecule has 0 bridgehead atoms. The summed E-state index contributed by atoms with van der Waals surface area (Å²) in [6.45, 7) is 4.88. The van der Waals surface area contributed by atoms with Crippen LogP contribution < -0.4 is 5.32 Å². The number of nitrogens with one attached hydrogen (secondary N) is 1. The van der Waals surface area contributed by atoms with Crippen LogP contribution in [0.3, 0.4) is 0 Å². The van der Waals surface area contributed by atoms with Gasteiger partial charge in [-0.25, -0.2) is 0 Å². The molecule has 0 radical (unpaired) electrons. The maximum atomic E-state index is 5.61. The molecule has 0 amide bonds. The van der Waals surface area contributed by atoms with Gasteiger partial charge in [-0.05, 0) is 38.6 Å². The van der Waals surface area contributed by atoms with E-state index in [4.69, 9.17) is 14.2 Å². The summed E-state index contributed by atoms with van der Waals surface area (Å²) < 4.78 is 11.1. The molecule has 5 nitrogen and oxygen atoms in total. The summed E-state index contributed by atoms with van der Waals surface area (Å²) in [5, 5.41) is 7.89. The first-order valence-corrected chi connectivity index (χ1v) is 8.53. The van der Waals surface area contributed by atoms with Crippen molar-refractivity contribution < 1.29 is 9.26 Å². The number of aromatic nitrogens is 2. The summed E-state index contributed by atoms with van der Waals surface area (Å²) in [5.41, 5.74) is 0. The Labute approximate surface area is 126 Å². The van der Waals surface area contributed by atoms with Gasteiger partial charge < -0.3 is 14.6 Å². The second-order valence-corrected chi connectivity index (χ2v) is 6.36. The van der Waals surface area contributed by atoms with Crippen LogP contribution in [0.4, 0.5) is 0 Å². The van der Waals surface area contributed by atoms with Crippen molar-refractivity contribution in [2.24, 2.45) is 0 Å². The van der Waals surface area contributed by atoms with Crippen LogP contribution in [-0.2, 0) is 4.74 Å². The Kier molecular flexibility index (Phi) is 5.25. The van der Waals surface area contributed by atoms with E-state index in [9.17, 15) is 0 Å². The van der Waals surface area contributed by atoms with Gasteiger partial charge in [0, 0.05) is 18.6 Å². The van der Waals surface area contributed by atoms with Crippen LogP contribution >= 0.6 is 0 Å². The maximum Gasteiger partial charge on any atom is 0.231 e. The van der Waals surface area contributed by atoms with Crippen LogP contribution in [0.2, 0.25) is 0 Å². The lowest BCUT2D eigenvalue weighted by Crippen LogP contribution is -2.37. The van der Waals surface area contributed by atoms with E-state index in [2.05, 4.69) is 17.4 Å². The molecule has 1 aromatic rings. The normalized spacial score (nSPS) is 30.4. The van der Waals surface area contributed by atoms with E-state index in [0.29, 0.717) is 17.9 Å². The molecule has 21 heavy (non-hydrogen) atoms. The van der Waals surface area contributed by atoms with Crippen molar-refractivity contribution in [1.82, 2.24) is 15.5 Å². The highest BCUT2D eigenvalue weighted by Gasteiger charge is 2.31. The van der Waals surface area contributed by atoms with Crippen molar-refractivity contribution >= 4 is 0 Å². The number of nitrogens with zero attached hydrogens (tertiary/aromatic N) is 2. The molecule has 1 aromatic heterocycles. The molecule has 2 fully saturated rings. The van der Waals surface area contributed by atoms with Gasteiger partial charge in [0.15, 0.2) is 5.82 Å². The van der Waals surface area contributed by atoms with Gasteiger partial charge in [0.2, 0.25) is 5.89 Å². The van der Waals surface area contributed by atoms with E-state index in [1.54, 1.807) is 0 Å². The fraction of sp³-hybridized carbons (Fsp3) is 0.875. The van der Waals surface area contributed by atoms with Crippen LogP contribution in [0, 0.1) is 0 Å². The lowest BCUT2D eigenvalue weighted by Gasteiger charge is -2.29. The fourth-order valence-electron chi connectivity index (χ4n) is 3.51. The van der Waals surface area contributed by atoms with Crippen molar-refractivity contribution in [1.29, 1.82) is 0 Å². The average Bonchev–Trinajstić information content (AvgIpc) is 3.04. The Hall–Kier alpha value is -0.940. The van der Waals surface area contributed by atoms with Crippen molar-refractivity contribution in [3.63, 3.8) is 0 Å². The highest BCUT2D eigenvalue weighted by molar-refractivity contribution is 5.04. The van der Waals surface area contributed by atoms with E-state index in [1.807, 2.05) is 0 Å². The quantitative estimate of drug-likeness (QED) is 0.904. The van der Waals surface area contributed by atoms with Crippen LogP contribution in [-0.4, -0.2) is 35.9 Å². The average molecular weight is 293 g/mol. The number of rotatable bonds is 5. The maximum absolute atomic E-state index is 5.61. The Bertz CT molecular complexity index is 429. The molecule has 0 spiro atoms.